The second kappa shape index (κ2) is 10.3. The number of aryl methyl sites for hydroxylation is 1. The number of carbonyl (C=O) groups is 1. The van der Waals surface area contributed by atoms with Crippen molar-refractivity contribution < 1.29 is 18.0 Å². The van der Waals surface area contributed by atoms with E-state index in [1.54, 1.807) is 23.1 Å². The molecule has 0 saturated carbocycles. The van der Waals surface area contributed by atoms with Gasteiger partial charge in [0.25, 0.3) is 5.91 Å². The number of nitrogens with two attached hydrogens (primary N) is 1. The van der Waals surface area contributed by atoms with Crippen LogP contribution in [0.15, 0.2) is 66.9 Å². The summed E-state index contributed by atoms with van der Waals surface area (Å²) < 4.78 is 39.1. The fourth-order valence-electron chi connectivity index (χ4n) is 4.70. The lowest BCUT2D eigenvalue weighted by molar-refractivity contribution is -0.137. The number of rotatable bonds is 6. The molecule has 0 atom stereocenters. The van der Waals surface area contributed by atoms with Crippen molar-refractivity contribution in [3.05, 3.63) is 94.8 Å². The Labute approximate surface area is 218 Å². The predicted octanol–water partition coefficient (Wildman–Crippen LogP) is 5.98. The summed E-state index contributed by atoms with van der Waals surface area (Å²) in [5, 5.41) is 0.783. The van der Waals surface area contributed by atoms with E-state index < -0.39 is 11.7 Å². The second-order valence-electron chi connectivity index (χ2n) is 9.66. The van der Waals surface area contributed by atoms with Gasteiger partial charge in [-0.1, -0.05) is 12.1 Å². The van der Waals surface area contributed by atoms with Crippen LogP contribution in [-0.4, -0.2) is 33.9 Å². The minimum absolute atomic E-state index is 0.0574. The fourth-order valence-corrected chi connectivity index (χ4v) is 4.70. The number of hydrogen-bond donors (Lipinski definition) is 1. The molecule has 0 bridgehead atoms. The van der Waals surface area contributed by atoms with Gasteiger partial charge in [0.05, 0.1) is 23.3 Å². The Morgan fingerprint density at radius 3 is 2.39 bits per heavy atom. The SMILES string of the molecule is Cc1cc2cc(C(=O)N(Cc3ccc(N4CCCC4)cc3)Cc3ccc(C(F)(F)F)cn3)ccc2nc1N. The van der Waals surface area contributed by atoms with Crippen molar-refractivity contribution in [2.24, 2.45) is 0 Å². The number of halogens is 3. The number of benzene rings is 2. The minimum Gasteiger partial charge on any atom is -0.383 e. The molecule has 1 aliphatic heterocycles. The van der Waals surface area contributed by atoms with Crippen molar-refractivity contribution in [3.63, 3.8) is 0 Å². The predicted molar refractivity (Wildman–Crippen MR) is 142 cm³/mol. The maximum absolute atomic E-state index is 13.7. The summed E-state index contributed by atoms with van der Waals surface area (Å²) in [5.41, 5.74) is 9.46. The summed E-state index contributed by atoms with van der Waals surface area (Å²) in [6.07, 6.45) is -1.31. The van der Waals surface area contributed by atoms with Crippen LogP contribution in [0.5, 0.6) is 0 Å². The van der Waals surface area contributed by atoms with E-state index in [1.165, 1.54) is 18.9 Å². The van der Waals surface area contributed by atoms with Crippen molar-refractivity contribution in [1.29, 1.82) is 0 Å². The zero-order chi connectivity index (χ0) is 26.9. The normalized spacial score (nSPS) is 13.7. The van der Waals surface area contributed by atoms with E-state index in [0.29, 0.717) is 22.6 Å². The van der Waals surface area contributed by atoms with Gasteiger partial charge in [-0.3, -0.25) is 9.78 Å². The molecule has 2 aromatic heterocycles. The lowest BCUT2D eigenvalue weighted by Gasteiger charge is -2.24. The second-order valence-corrected chi connectivity index (χ2v) is 9.66. The molecule has 1 amide bonds. The molecule has 6 nitrogen and oxygen atoms in total. The maximum Gasteiger partial charge on any atom is 0.417 e. The van der Waals surface area contributed by atoms with Gasteiger partial charge >= 0.3 is 6.18 Å². The van der Waals surface area contributed by atoms with Crippen molar-refractivity contribution >= 4 is 28.3 Å². The molecule has 1 saturated heterocycles. The number of nitrogen functional groups attached to an aromatic ring is 1. The average Bonchev–Trinajstić information content (AvgIpc) is 3.44. The number of nitrogens with zero attached hydrogens (tertiary/aromatic N) is 4. The minimum atomic E-state index is -4.47. The van der Waals surface area contributed by atoms with Crippen LogP contribution in [0, 0.1) is 6.92 Å². The zero-order valence-electron chi connectivity index (χ0n) is 21.0. The van der Waals surface area contributed by atoms with E-state index in [0.717, 1.165) is 47.6 Å². The van der Waals surface area contributed by atoms with Crippen LogP contribution in [0.1, 0.15) is 45.6 Å². The Kier molecular flexibility index (Phi) is 6.93. The average molecular weight is 520 g/mol. The van der Waals surface area contributed by atoms with Gasteiger partial charge in [0.15, 0.2) is 0 Å². The Balaban J connectivity index is 1.43. The molecule has 1 aliphatic rings. The molecule has 0 unspecified atom stereocenters. The van der Waals surface area contributed by atoms with Gasteiger partial charge in [0.2, 0.25) is 0 Å². The van der Waals surface area contributed by atoms with Crippen molar-refractivity contribution in [3.8, 4) is 0 Å². The number of aromatic nitrogens is 2. The first-order chi connectivity index (χ1) is 18.2. The quantitative estimate of drug-likeness (QED) is 0.339. The van der Waals surface area contributed by atoms with Gasteiger partial charge in [0, 0.05) is 42.5 Å². The Hall–Kier alpha value is -4.14. The molecule has 0 radical (unpaired) electrons. The van der Waals surface area contributed by atoms with Gasteiger partial charge in [0.1, 0.15) is 5.82 Å². The molecule has 38 heavy (non-hydrogen) atoms. The first-order valence-electron chi connectivity index (χ1n) is 12.5. The molecule has 2 N–H and O–H groups in total. The largest absolute Gasteiger partial charge is 0.417 e. The third-order valence-corrected chi connectivity index (χ3v) is 6.86. The number of pyridine rings is 2. The monoisotopic (exact) mass is 519 g/mol. The summed E-state index contributed by atoms with van der Waals surface area (Å²) in [5.74, 6) is 0.177. The summed E-state index contributed by atoms with van der Waals surface area (Å²) in [4.78, 5) is 26.0. The first-order valence-corrected chi connectivity index (χ1v) is 12.5. The van der Waals surface area contributed by atoms with E-state index in [4.69, 9.17) is 5.73 Å². The molecule has 196 valence electrons. The van der Waals surface area contributed by atoms with Crippen LogP contribution in [-0.2, 0) is 19.3 Å². The zero-order valence-corrected chi connectivity index (χ0v) is 21.0. The number of alkyl halides is 3. The highest BCUT2D eigenvalue weighted by atomic mass is 19.4. The Bertz CT molecular complexity index is 1450. The molecule has 4 aromatic rings. The van der Waals surface area contributed by atoms with Crippen LogP contribution in [0.4, 0.5) is 24.7 Å². The molecule has 0 spiro atoms. The van der Waals surface area contributed by atoms with Crippen LogP contribution < -0.4 is 10.6 Å². The number of amides is 1. The van der Waals surface area contributed by atoms with E-state index in [1.807, 2.05) is 25.1 Å². The van der Waals surface area contributed by atoms with Crippen molar-refractivity contribution in [1.82, 2.24) is 14.9 Å². The molecule has 3 heterocycles. The van der Waals surface area contributed by atoms with Crippen LogP contribution >= 0.6 is 0 Å². The van der Waals surface area contributed by atoms with E-state index in [-0.39, 0.29) is 19.0 Å². The van der Waals surface area contributed by atoms with Gasteiger partial charge in [-0.15, -0.1) is 0 Å². The Morgan fingerprint density at radius 2 is 1.74 bits per heavy atom. The molecule has 1 fully saturated rings. The molecule has 5 rings (SSSR count). The standard InChI is InChI=1S/C29H28F3N5O/c1-19-14-22-15-21(6-11-26(22)35-27(19)33)28(38)37(18-24-8-7-23(16-34-24)29(30,31)32)17-20-4-9-25(10-5-20)36-12-2-3-13-36/h4-11,14-16H,2-3,12-13,17-18H2,1H3,(H2,33,35). The number of anilines is 2. The highest BCUT2D eigenvalue weighted by Gasteiger charge is 2.30. The lowest BCUT2D eigenvalue weighted by Crippen LogP contribution is -2.30. The fraction of sp³-hybridized carbons (Fsp3) is 0.276. The summed E-state index contributed by atoms with van der Waals surface area (Å²) in [6.45, 7) is 4.25. The summed E-state index contributed by atoms with van der Waals surface area (Å²) in [7, 11) is 0. The van der Waals surface area contributed by atoms with Gasteiger partial charge in [-0.25, -0.2) is 4.98 Å². The summed E-state index contributed by atoms with van der Waals surface area (Å²) in [6, 6.07) is 17.5. The Morgan fingerprint density at radius 1 is 1.00 bits per heavy atom. The van der Waals surface area contributed by atoms with Gasteiger partial charge in [-0.05, 0) is 79.4 Å². The number of hydrogen-bond acceptors (Lipinski definition) is 5. The topological polar surface area (TPSA) is 75.4 Å². The smallest absolute Gasteiger partial charge is 0.383 e. The number of carbonyl (C=O) groups excluding carboxylic acids is 1. The third kappa shape index (κ3) is 5.56. The van der Waals surface area contributed by atoms with Crippen LogP contribution in [0.25, 0.3) is 10.9 Å². The maximum atomic E-state index is 13.7. The first kappa shape index (κ1) is 25.5. The molecular weight excluding hydrogens is 491 g/mol. The molecular formula is C29H28F3N5O. The van der Waals surface area contributed by atoms with Crippen molar-refractivity contribution in [2.45, 2.75) is 39.0 Å². The third-order valence-electron chi connectivity index (χ3n) is 6.86. The van der Waals surface area contributed by atoms with Crippen LogP contribution in [0.3, 0.4) is 0 Å². The highest BCUT2D eigenvalue weighted by Crippen LogP contribution is 2.29. The lowest BCUT2D eigenvalue weighted by atomic mass is 10.1. The van der Waals surface area contributed by atoms with E-state index in [2.05, 4.69) is 27.0 Å². The van der Waals surface area contributed by atoms with Gasteiger partial charge < -0.3 is 15.5 Å². The van der Waals surface area contributed by atoms with Crippen LogP contribution in [0.2, 0.25) is 0 Å². The number of fused-ring (bicyclic) bond motifs is 1. The van der Waals surface area contributed by atoms with Crippen molar-refractivity contribution in [2.75, 3.05) is 23.7 Å². The molecule has 9 heteroatoms. The van der Waals surface area contributed by atoms with E-state index >= 15 is 0 Å². The van der Waals surface area contributed by atoms with E-state index in [9.17, 15) is 18.0 Å². The van der Waals surface area contributed by atoms with Gasteiger partial charge in [-0.2, -0.15) is 13.2 Å². The highest BCUT2D eigenvalue weighted by molar-refractivity contribution is 5.98. The molecule has 2 aromatic carbocycles. The molecule has 0 aliphatic carbocycles. The summed E-state index contributed by atoms with van der Waals surface area (Å²) >= 11 is 0.